The fourth-order valence-corrected chi connectivity index (χ4v) is 2.38. The SMILES string of the molecule is C=CCN(CCOC)C(=O)C(C)(C)N1CCNCC1. The van der Waals surface area contributed by atoms with E-state index in [0.29, 0.717) is 19.7 Å². The summed E-state index contributed by atoms with van der Waals surface area (Å²) in [7, 11) is 1.65. The minimum Gasteiger partial charge on any atom is -0.383 e. The van der Waals surface area contributed by atoms with Crippen molar-refractivity contribution in [2.45, 2.75) is 19.4 Å². The van der Waals surface area contributed by atoms with Gasteiger partial charge in [0.25, 0.3) is 0 Å². The van der Waals surface area contributed by atoms with E-state index in [1.54, 1.807) is 13.2 Å². The molecule has 0 saturated carbocycles. The van der Waals surface area contributed by atoms with Gasteiger partial charge in [0.05, 0.1) is 12.1 Å². The number of hydrogen-bond donors (Lipinski definition) is 1. The summed E-state index contributed by atoms with van der Waals surface area (Å²) in [6.45, 7) is 13.2. The molecule has 1 amide bonds. The summed E-state index contributed by atoms with van der Waals surface area (Å²) >= 11 is 0. The van der Waals surface area contributed by atoms with Gasteiger partial charge in [-0.3, -0.25) is 9.69 Å². The van der Waals surface area contributed by atoms with Crippen LogP contribution in [0.25, 0.3) is 0 Å². The van der Waals surface area contributed by atoms with Crippen molar-refractivity contribution in [1.29, 1.82) is 0 Å². The first-order valence-corrected chi connectivity index (χ1v) is 6.89. The minimum atomic E-state index is -0.473. The monoisotopic (exact) mass is 269 g/mol. The Bertz CT molecular complexity index is 299. The smallest absolute Gasteiger partial charge is 0.242 e. The first-order chi connectivity index (χ1) is 9.04. The van der Waals surface area contributed by atoms with Crippen molar-refractivity contribution in [3.63, 3.8) is 0 Å². The van der Waals surface area contributed by atoms with Crippen LogP contribution in [0, 0.1) is 0 Å². The summed E-state index contributed by atoms with van der Waals surface area (Å²) < 4.78 is 5.08. The Hall–Kier alpha value is -0.910. The van der Waals surface area contributed by atoms with Crippen molar-refractivity contribution >= 4 is 5.91 Å². The normalized spacial score (nSPS) is 17.2. The van der Waals surface area contributed by atoms with Crippen LogP contribution >= 0.6 is 0 Å². The van der Waals surface area contributed by atoms with Crippen LogP contribution < -0.4 is 5.32 Å². The van der Waals surface area contributed by atoms with Gasteiger partial charge in [-0.25, -0.2) is 0 Å². The van der Waals surface area contributed by atoms with E-state index in [9.17, 15) is 4.79 Å². The van der Waals surface area contributed by atoms with Crippen molar-refractivity contribution in [3.8, 4) is 0 Å². The molecule has 1 fully saturated rings. The minimum absolute atomic E-state index is 0.145. The number of hydrogen-bond acceptors (Lipinski definition) is 4. The first-order valence-electron chi connectivity index (χ1n) is 6.89. The maximum atomic E-state index is 12.7. The predicted molar refractivity (Wildman–Crippen MR) is 77.2 cm³/mol. The topological polar surface area (TPSA) is 44.8 Å². The van der Waals surface area contributed by atoms with E-state index in [0.717, 1.165) is 26.2 Å². The van der Waals surface area contributed by atoms with Crippen LogP contribution in [0.3, 0.4) is 0 Å². The van der Waals surface area contributed by atoms with Crippen LogP contribution in [0.2, 0.25) is 0 Å². The van der Waals surface area contributed by atoms with E-state index < -0.39 is 5.54 Å². The van der Waals surface area contributed by atoms with E-state index in [1.807, 2.05) is 18.7 Å². The van der Waals surface area contributed by atoms with Crippen LogP contribution in [0.1, 0.15) is 13.8 Å². The van der Waals surface area contributed by atoms with Crippen LogP contribution in [-0.2, 0) is 9.53 Å². The van der Waals surface area contributed by atoms with Gasteiger partial charge < -0.3 is 15.0 Å². The molecule has 1 rings (SSSR count). The molecule has 0 aliphatic carbocycles. The molecule has 5 nitrogen and oxygen atoms in total. The lowest BCUT2D eigenvalue weighted by Gasteiger charge is -2.42. The number of carbonyl (C=O) groups excluding carboxylic acids is 1. The molecule has 19 heavy (non-hydrogen) atoms. The molecular formula is C14H27N3O2. The highest BCUT2D eigenvalue weighted by Gasteiger charge is 2.37. The van der Waals surface area contributed by atoms with Crippen LogP contribution in [0.4, 0.5) is 0 Å². The van der Waals surface area contributed by atoms with E-state index in [-0.39, 0.29) is 5.91 Å². The number of nitrogens with one attached hydrogen (secondary N) is 1. The Morgan fingerprint density at radius 3 is 2.63 bits per heavy atom. The Kier molecular flexibility index (Phi) is 6.48. The largest absolute Gasteiger partial charge is 0.383 e. The summed E-state index contributed by atoms with van der Waals surface area (Å²) in [6.07, 6.45) is 1.77. The van der Waals surface area contributed by atoms with Crippen LogP contribution in [0.5, 0.6) is 0 Å². The van der Waals surface area contributed by atoms with Crippen molar-refractivity contribution in [2.75, 3.05) is 53.0 Å². The predicted octanol–water partition coefficient (Wildman–Crippen LogP) is 0.331. The van der Waals surface area contributed by atoms with E-state index in [4.69, 9.17) is 4.74 Å². The van der Waals surface area contributed by atoms with Gasteiger partial charge in [0.2, 0.25) is 5.91 Å². The maximum absolute atomic E-state index is 12.7. The van der Waals surface area contributed by atoms with E-state index in [2.05, 4.69) is 16.8 Å². The molecular weight excluding hydrogens is 242 g/mol. The maximum Gasteiger partial charge on any atom is 0.242 e. The fourth-order valence-electron chi connectivity index (χ4n) is 2.38. The van der Waals surface area contributed by atoms with Gasteiger partial charge in [0.15, 0.2) is 0 Å². The Morgan fingerprint density at radius 1 is 1.47 bits per heavy atom. The van der Waals surface area contributed by atoms with Gasteiger partial charge in [0.1, 0.15) is 0 Å². The van der Waals surface area contributed by atoms with E-state index in [1.165, 1.54) is 0 Å². The highest BCUT2D eigenvalue weighted by Crippen LogP contribution is 2.18. The molecule has 1 saturated heterocycles. The average molecular weight is 269 g/mol. The van der Waals surface area contributed by atoms with Gasteiger partial charge in [-0.15, -0.1) is 6.58 Å². The molecule has 0 atom stereocenters. The molecule has 110 valence electrons. The van der Waals surface area contributed by atoms with Crippen LogP contribution in [0.15, 0.2) is 12.7 Å². The summed E-state index contributed by atoms with van der Waals surface area (Å²) in [4.78, 5) is 16.8. The summed E-state index contributed by atoms with van der Waals surface area (Å²) in [6, 6.07) is 0. The van der Waals surface area contributed by atoms with Crippen LogP contribution in [-0.4, -0.2) is 74.2 Å². The quantitative estimate of drug-likeness (QED) is 0.677. The highest BCUT2D eigenvalue weighted by atomic mass is 16.5. The molecule has 0 unspecified atom stereocenters. The lowest BCUT2D eigenvalue weighted by Crippen LogP contribution is -2.60. The van der Waals surface area contributed by atoms with Gasteiger partial charge in [-0.05, 0) is 13.8 Å². The van der Waals surface area contributed by atoms with Crippen molar-refractivity contribution in [1.82, 2.24) is 15.1 Å². The highest BCUT2D eigenvalue weighted by molar-refractivity contribution is 5.85. The molecule has 1 N–H and O–H groups in total. The zero-order valence-electron chi connectivity index (χ0n) is 12.4. The molecule has 0 aromatic heterocycles. The van der Waals surface area contributed by atoms with Gasteiger partial charge in [-0.1, -0.05) is 6.08 Å². The molecule has 0 spiro atoms. The number of carbonyl (C=O) groups is 1. The average Bonchev–Trinajstić information content (AvgIpc) is 2.43. The number of rotatable bonds is 7. The van der Waals surface area contributed by atoms with Crippen molar-refractivity contribution in [3.05, 3.63) is 12.7 Å². The third-order valence-electron chi connectivity index (χ3n) is 3.63. The number of amides is 1. The van der Waals surface area contributed by atoms with Gasteiger partial charge in [-0.2, -0.15) is 0 Å². The Labute approximate surface area is 116 Å². The molecule has 0 radical (unpaired) electrons. The van der Waals surface area contributed by atoms with E-state index >= 15 is 0 Å². The number of nitrogens with zero attached hydrogens (tertiary/aromatic N) is 2. The molecule has 1 heterocycles. The second-order valence-electron chi connectivity index (χ2n) is 5.33. The number of methoxy groups -OCH3 is 1. The zero-order valence-corrected chi connectivity index (χ0v) is 12.4. The van der Waals surface area contributed by atoms with Crippen molar-refractivity contribution < 1.29 is 9.53 Å². The van der Waals surface area contributed by atoms with Gasteiger partial charge in [0, 0.05) is 46.4 Å². The first kappa shape index (κ1) is 16.1. The third kappa shape index (κ3) is 4.30. The number of ether oxygens (including phenoxy) is 1. The van der Waals surface area contributed by atoms with Gasteiger partial charge >= 0.3 is 0 Å². The standard InChI is InChI=1S/C14H27N3O2/c1-5-8-16(11-12-19-4)13(18)14(2,3)17-9-6-15-7-10-17/h5,15H,1,6-12H2,2-4H3. The Morgan fingerprint density at radius 2 is 2.11 bits per heavy atom. The zero-order chi connectivity index (χ0) is 14.3. The lowest BCUT2D eigenvalue weighted by molar-refractivity contribution is -0.143. The fraction of sp³-hybridized carbons (Fsp3) is 0.786. The second-order valence-corrected chi connectivity index (χ2v) is 5.33. The third-order valence-corrected chi connectivity index (χ3v) is 3.63. The molecule has 5 heteroatoms. The molecule has 0 aromatic carbocycles. The summed E-state index contributed by atoms with van der Waals surface area (Å²) in [5, 5.41) is 3.31. The lowest BCUT2D eigenvalue weighted by atomic mass is 9.99. The van der Waals surface area contributed by atoms with Crippen molar-refractivity contribution in [2.24, 2.45) is 0 Å². The molecule has 1 aliphatic rings. The second kappa shape index (κ2) is 7.62. The Balaban J connectivity index is 2.71. The molecule has 0 aromatic rings. The number of piperazine rings is 1. The molecule has 0 bridgehead atoms. The molecule has 1 aliphatic heterocycles. The summed E-state index contributed by atoms with van der Waals surface area (Å²) in [5.41, 5.74) is -0.473. The summed E-state index contributed by atoms with van der Waals surface area (Å²) in [5.74, 6) is 0.145.